The Bertz CT molecular complexity index is 795. The van der Waals surface area contributed by atoms with Gasteiger partial charge in [-0.1, -0.05) is 0 Å². The van der Waals surface area contributed by atoms with Crippen molar-refractivity contribution in [1.29, 1.82) is 0 Å². The van der Waals surface area contributed by atoms with Crippen LogP contribution in [0.25, 0.3) is 22.5 Å². The second kappa shape index (κ2) is 4.52. The van der Waals surface area contributed by atoms with E-state index in [0.29, 0.717) is 0 Å². The maximum Gasteiger partial charge on any atom is 0.421 e. The molecular formula is C11H5F4N3O3. The summed E-state index contributed by atoms with van der Waals surface area (Å²) in [5, 5.41) is 15.8. The predicted octanol–water partition coefficient (Wildman–Crippen LogP) is 2.61. The smallest absolute Gasteiger partial charge is 0.421 e. The Morgan fingerprint density at radius 1 is 1.19 bits per heavy atom. The maximum atomic E-state index is 13.7. The van der Waals surface area contributed by atoms with Gasteiger partial charge < -0.3 is 9.52 Å². The zero-order valence-corrected chi connectivity index (χ0v) is 9.93. The number of nitrogens with zero attached hydrogens (tertiary/aromatic N) is 3. The van der Waals surface area contributed by atoms with Gasteiger partial charge in [-0.3, -0.25) is 0 Å². The molecule has 0 radical (unpaired) electrons. The lowest BCUT2D eigenvalue weighted by molar-refractivity contribution is -0.211. The number of hydrogen-bond acceptors (Lipinski definition) is 6. The van der Waals surface area contributed by atoms with Crippen LogP contribution >= 0.6 is 0 Å². The molecule has 2 aromatic heterocycles. The molecule has 2 heterocycles. The van der Waals surface area contributed by atoms with Crippen LogP contribution in [-0.4, -0.2) is 26.6 Å². The Balaban J connectivity index is 2.02. The fourth-order valence-electron chi connectivity index (χ4n) is 1.68. The van der Waals surface area contributed by atoms with Crippen LogP contribution in [-0.2, 0) is 0 Å². The van der Waals surface area contributed by atoms with E-state index in [-0.39, 0.29) is 22.5 Å². The number of aliphatic hydroxyl groups is 1. The molecule has 0 saturated heterocycles. The molecule has 0 bridgehead atoms. The largest absolute Gasteiger partial charge is 0.438 e. The van der Waals surface area contributed by atoms with Crippen LogP contribution in [0.5, 0.6) is 0 Å². The van der Waals surface area contributed by atoms with Gasteiger partial charge in [0.25, 0.3) is 0 Å². The average Bonchev–Trinajstić information content (AvgIpc) is 3.05. The number of benzene rings is 1. The topological polar surface area (TPSA) is 85.2 Å². The summed E-state index contributed by atoms with van der Waals surface area (Å²) < 4.78 is 59.9. The third kappa shape index (κ3) is 2.33. The van der Waals surface area contributed by atoms with Gasteiger partial charge in [0, 0.05) is 5.56 Å². The molecule has 0 aliphatic rings. The summed E-state index contributed by atoms with van der Waals surface area (Å²) in [7, 11) is 0. The zero-order chi connectivity index (χ0) is 15.2. The van der Waals surface area contributed by atoms with Crippen LogP contribution in [0.2, 0.25) is 0 Å². The molecule has 6 nitrogen and oxygen atoms in total. The average molecular weight is 303 g/mol. The summed E-state index contributed by atoms with van der Waals surface area (Å²) >= 11 is 0. The van der Waals surface area contributed by atoms with Crippen LogP contribution in [0, 0.1) is 5.82 Å². The molecule has 0 aliphatic heterocycles. The SMILES string of the molecule is OC(c1cnc(-c2cc(F)c3nonc3c2)o1)C(F)(F)F. The summed E-state index contributed by atoms with van der Waals surface area (Å²) in [4.78, 5) is 3.58. The minimum Gasteiger partial charge on any atom is -0.438 e. The van der Waals surface area contributed by atoms with Gasteiger partial charge in [0.05, 0.1) is 6.20 Å². The van der Waals surface area contributed by atoms with Crippen molar-refractivity contribution in [1.82, 2.24) is 15.3 Å². The predicted molar refractivity (Wildman–Crippen MR) is 58.3 cm³/mol. The molecule has 1 aromatic carbocycles. The first kappa shape index (κ1) is 13.5. The molecule has 10 heteroatoms. The van der Waals surface area contributed by atoms with E-state index >= 15 is 0 Å². The second-order valence-electron chi connectivity index (χ2n) is 4.10. The van der Waals surface area contributed by atoms with Gasteiger partial charge in [-0.25, -0.2) is 14.0 Å². The number of oxazole rings is 1. The highest BCUT2D eigenvalue weighted by atomic mass is 19.4. The van der Waals surface area contributed by atoms with Gasteiger partial charge in [-0.05, 0) is 22.4 Å². The molecule has 0 saturated carbocycles. The van der Waals surface area contributed by atoms with Gasteiger partial charge in [-0.2, -0.15) is 13.2 Å². The van der Waals surface area contributed by atoms with E-state index in [4.69, 9.17) is 9.52 Å². The minimum atomic E-state index is -4.89. The number of alkyl halides is 3. The first-order chi connectivity index (χ1) is 9.86. The second-order valence-corrected chi connectivity index (χ2v) is 4.10. The highest BCUT2D eigenvalue weighted by Gasteiger charge is 2.42. The summed E-state index contributed by atoms with van der Waals surface area (Å²) in [6, 6.07) is 2.24. The van der Waals surface area contributed by atoms with E-state index in [1.165, 1.54) is 6.07 Å². The summed E-state index contributed by atoms with van der Waals surface area (Å²) in [5.74, 6) is -1.88. The van der Waals surface area contributed by atoms with Gasteiger partial charge in [0.1, 0.15) is 5.52 Å². The monoisotopic (exact) mass is 303 g/mol. The van der Waals surface area contributed by atoms with Crippen molar-refractivity contribution in [3.05, 3.63) is 29.9 Å². The Labute approximate surface area is 113 Å². The van der Waals surface area contributed by atoms with E-state index < -0.39 is 23.9 Å². The van der Waals surface area contributed by atoms with Crippen LogP contribution < -0.4 is 0 Å². The molecule has 1 unspecified atom stereocenters. The van der Waals surface area contributed by atoms with Crippen molar-refractivity contribution in [3.8, 4) is 11.5 Å². The molecule has 0 aliphatic carbocycles. The number of hydrogen-bond donors (Lipinski definition) is 1. The van der Waals surface area contributed by atoms with Crippen molar-refractivity contribution in [2.24, 2.45) is 0 Å². The van der Waals surface area contributed by atoms with E-state index in [1.807, 2.05) is 0 Å². The lowest BCUT2D eigenvalue weighted by Gasteiger charge is -2.10. The molecule has 3 rings (SSSR count). The number of halogens is 4. The molecular weight excluding hydrogens is 298 g/mol. The van der Waals surface area contributed by atoms with E-state index in [1.54, 1.807) is 0 Å². The highest BCUT2D eigenvalue weighted by Crippen LogP contribution is 2.34. The van der Waals surface area contributed by atoms with Gasteiger partial charge in [0.2, 0.25) is 12.0 Å². The Morgan fingerprint density at radius 3 is 2.67 bits per heavy atom. The fourth-order valence-corrected chi connectivity index (χ4v) is 1.68. The lowest BCUT2D eigenvalue weighted by Crippen LogP contribution is -2.19. The van der Waals surface area contributed by atoms with Crippen molar-refractivity contribution in [2.45, 2.75) is 12.3 Å². The first-order valence-corrected chi connectivity index (χ1v) is 5.49. The molecule has 0 fully saturated rings. The maximum absolute atomic E-state index is 13.7. The molecule has 21 heavy (non-hydrogen) atoms. The normalized spacial score (nSPS) is 13.8. The van der Waals surface area contributed by atoms with Crippen molar-refractivity contribution in [3.63, 3.8) is 0 Å². The molecule has 1 N–H and O–H groups in total. The van der Waals surface area contributed by atoms with Crippen LogP contribution in [0.3, 0.4) is 0 Å². The number of rotatable bonds is 2. The van der Waals surface area contributed by atoms with Gasteiger partial charge >= 0.3 is 6.18 Å². The Kier molecular flexibility index (Phi) is 2.90. The van der Waals surface area contributed by atoms with Crippen LogP contribution in [0.4, 0.5) is 17.6 Å². The minimum absolute atomic E-state index is 0.0383. The lowest BCUT2D eigenvalue weighted by atomic mass is 10.2. The van der Waals surface area contributed by atoms with Gasteiger partial charge in [-0.15, -0.1) is 0 Å². The number of fused-ring (bicyclic) bond motifs is 1. The molecule has 3 aromatic rings. The van der Waals surface area contributed by atoms with E-state index in [0.717, 1.165) is 12.3 Å². The molecule has 110 valence electrons. The van der Waals surface area contributed by atoms with Crippen molar-refractivity contribution >= 4 is 11.0 Å². The molecule has 0 amide bonds. The van der Waals surface area contributed by atoms with Crippen LogP contribution in [0.15, 0.2) is 27.4 Å². The Morgan fingerprint density at radius 2 is 1.95 bits per heavy atom. The number of aliphatic hydroxyl groups excluding tert-OH is 1. The van der Waals surface area contributed by atoms with E-state index in [2.05, 4.69) is 19.9 Å². The van der Waals surface area contributed by atoms with Gasteiger partial charge in [0.15, 0.2) is 17.1 Å². The highest BCUT2D eigenvalue weighted by molar-refractivity contribution is 5.79. The molecule has 0 spiro atoms. The first-order valence-electron chi connectivity index (χ1n) is 5.49. The summed E-state index contributed by atoms with van der Waals surface area (Å²) in [5.41, 5.74) is -0.0294. The van der Waals surface area contributed by atoms with E-state index in [9.17, 15) is 17.6 Å². The van der Waals surface area contributed by atoms with Crippen molar-refractivity contribution in [2.75, 3.05) is 0 Å². The zero-order valence-electron chi connectivity index (χ0n) is 9.93. The summed E-state index contributed by atoms with van der Waals surface area (Å²) in [6.45, 7) is 0. The number of aromatic nitrogens is 3. The van der Waals surface area contributed by atoms with Crippen LogP contribution in [0.1, 0.15) is 11.9 Å². The Hall–Kier alpha value is -2.49. The quantitative estimate of drug-likeness (QED) is 0.732. The van der Waals surface area contributed by atoms with Crippen molar-refractivity contribution < 1.29 is 31.7 Å². The fraction of sp³-hybridized carbons (Fsp3) is 0.182. The molecule has 1 atom stereocenters. The third-order valence-electron chi connectivity index (χ3n) is 2.66. The third-order valence-corrected chi connectivity index (χ3v) is 2.66. The summed E-state index contributed by atoms with van der Waals surface area (Å²) in [6.07, 6.45) is -6.97. The standard InChI is InChI=1S/C11H5F4N3O3/c12-5-1-4(2-6-8(5)18-21-17-6)10-16-3-7(20-10)9(19)11(13,14)15/h1-3,9,19H.